The molecule has 1 aromatic heterocycles. The second kappa shape index (κ2) is 3.96. The standard InChI is InChI=1S/C11H17N3/c1-9-3-2-6-14(9)11-4-5-13-10(7-11)8-12/h4-5,7,9H,2-3,6,8,12H2,1H3. The quantitative estimate of drug-likeness (QED) is 0.770. The Bertz CT molecular complexity index is 311. The van der Waals surface area contributed by atoms with Crippen molar-refractivity contribution in [3.05, 3.63) is 24.0 Å². The van der Waals surface area contributed by atoms with E-state index in [1.807, 2.05) is 6.20 Å². The molecule has 0 radical (unpaired) electrons. The van der Waals surface area contributed by atoms with Gasteiger partial charge >= 0.3 is 0 Å². The molecule has 3 heteroatoms. The van der Waals surface area contributed by atoms with Gasteiger partial charge in [0.05, 0.1) is 5.69 Å². The van der Waals surface area contributed by atoms with E-state index in [1.165, 1.54) is 18.5 Å². The number of aromatic nitrogens is 1. The number of nitrogens with zero attached hydrogens (tertiary/aromatic N) is 2. The number of nitrogens with two attached hydrogens (primary N) is 1. The van der Waals surface area contributed by atoms with Crippen molar-refractivity contribution in [2.24, 2.45) is 5.73 Å². The maximum Gasteiger partial charge on any atom is 0.0560 e. The summed E-state index contributed by atoms with van der Waals surface area (Å²) in [6, 6.07) is 4.83. The summed E-state index contributed by atoms with van der Waals surface area (Å²) in [5, 5.41) is 0. The molecule has 1 aliphatic heterocycles. The molecule has 0 bridgehead atoms. The molecule has 2 N–H and O–H groups in total. The summed E-state index contributed by atoms with van der Waals surface area (Å²) in [7, 11) is 0. The Morgan fingerprint density at radius 2 is 2.50 bits per heavy atom. The van der Waals surface area contributed by atoms with Gasteiger partial charge in [0.1, 0.15) is 0 Å². The lowest BCUT2D eigenvalue weighted by Gasteiger charge is -2.23. The lowest BCUT2D eigenvalue weighted by Crippen LogP contribution is -2.26. The first-order valence-electron chi connectivity index (χ1n) is 5.23. The van der Waals surface area contributed by atoms with Crippen LogP contribution in [-0.2, 0) is 6.54 Å². The number of pyridine rings is 1. The SMILES string of the molecule is CC1CCCN1c1ccnc(CN)c1. The van der Waals surface area contributed by atoms with Gasteiger partial charge in [0, 0.05) is 31.0 Å². The Morgan fingerprint density at radius 1 is 1.64 bits per heavy atom. The molecule has 0 saturated carbocycles. The van der Waals surface area contributed by atoms with Crippen molar-refractivity contribution in [3.8, 4) is 0 Å². The average Bonchev–Trinajstić information content (AvgIpc) is 2.65. The van der Waals surface area contributed by atoms with Gasteiger partial charge in [-0.15, -0.1) is 0 Å². The Kier molecular flexibility index (Phi) is 2.68. The average molecular weight is 191 g/mol. The molecule has 2 heterocycles. The Labute approximate surface area is 84.9 Å². The van der Waals surface area contributed by atoms with Crippen molar-refractivity contribution in [3.63, 3.8) is 0 Å². The molecule has 1 aliphatic rings. The maximum atomic E-state index is 5.57. The van der Waals surface area contributed by atoms with Crippen LogP contribution < -0.4 is 10.6 Å². The molecule has 14 heavy (non-hydrogen) atoms. The molecule has 76 valence electrons. The van der Waals surface area contributed by atoms with Crippen LogP contribution in [0.15, 0.2) is 18.3 Å². The van der Waals surface area contributed by atoms with Gasteiger partial charge in [-0.3, -0.25) is 4.98 Å². The van der Waals surface area contributed by atoms with Gasteiger partial charge in [-0.2, -0.15) is 0 Å². The Balaban J connectivity index is 2.22. The van der Waals surface area contributed by atoms with Gasteiger partial charge in [-0.25, -0.2) is 0 Å². The van der Waals surface area contributed by atoms with Gasteiger partial charge in [-0.1, -0.05) is 0 Å². The minimum Gasteiger partial charge on any atom is -0.369 e. The van der Waals surface area contributed by atoms with Gasteiger partial charge in [0.25, 0.3) is 0 Å². The van der Waals surface area contributed by atoms with Crippen LogP contribution in [0.5, 0.6) is 0 Å². The van der Waals surface area contributed by atoms with Crippen molar-refractivity contribution in [2.75, 3.05) is 11.4 Å². The van der Waals surface area contributed by atoms with Crippen LogP contribution in [0, 0.1) is 0 Å². The fourth-order valence-electron chi connectivity index (χ4n) is 2.07. The maximum absolute atomic E-state index is 5.57. The lowest BCUT2D eigenvalue weighted by atomic mass is 10.2. The van der Waals surface area contributed by atoms with Crippen LogP contribution in [0.4, 0.5) is 5.69 Å². The van der Waals surface area contributed by atoms with E-state index in [9.17, 15) is 0 Å². The molecule has 0 amide bonds. The molecule has 1 unspecified atom stereocenters. The monoisotopic (exact) mass is 191 g/mol. The number of rotatable bonds is 2. The highest BCUT2D eigenvalue weighted by Crippen LogP contribution is 2.24. The van der Waals surface area contributed by atoms with Gasteiger partial charge in [-0.05, 0) is 31.9 Å². The van der Waals surface area contributed by atoms with Gasteiger partial charge < -0.3 is 10.6 Å². The van der Waals surface area contributed by atoms with E-state index >= 15 is 0 Å². The number of anilines is 1. The largest absolute Gasteiger partial charge is 0.369 e. The second-order valence-corrected chi connectivity index (χ2v) is 3.89. The fraction of sp³-hybridized carbons (Fsp3) is 0.545. The van der Waals surface area contributed by atoms with Crippen LogP contribution in [0.25, 0.3) is 0 Å². The fourth-order valence-corrected chi connectivity index (χ4v) is 2.07. The highest BCUT2D eigenvalue weighted by atomic mass is 15.2. The molecular weight excluding hydrogens is 174 g/mol. The number of hydrogen-bond acceptors (Lipinski definition) is 3. The zero-order chi connectivity index (χ0) is 9.97. The third kappa shape index (κ3) is 1.73. The third-order valence-corrected chi connectivity index (χ3v) is 2.89. The summed E-state index contributed by atoms with van der Waals surface area (Å²) in [6.45, 7) is 3.96. The van der Waals surface area contributed by atoms with Crippen LogP contribution in [0.1, 0.15) is 25.5 Å². The topological polar surface area (TPSA) is 42.2 Å². The van der Waals surface area contributed by atoms with E-state index in [-0.39, 0.29) is 0 Å². The first kappa shape index (κ1) is 9.46. The zero-order valence-corrected chi connectivity index (χ0v) is 8.61. The van der Waals surface area contributed by atoms with Crippen molar-refractivity contribution in [1.82, 2.24) is 4.98 Å². The normalized spacial score (nSPS) is 21.6. The van der Waals surface area contributed by atoms with Crippen molar-refractivity contribution in [1.29, 1.82) is 0 Å². The smallest absolute Gasteiger partial charge is 0.0560 e. The lowest BCUT2D eigenvalue weighted by molar-refractivity contribution is 0.734. The molecular formula is C11H17N3. The molecule has 1 saturated heterocycles. The minimum atomic E-state index is 0.524. The summed E-state index contributed by atoms with van der Waals surface area (Å²) in [4.78, 5) is 6.63. The van der Waals surface area contributed by atoms with Crippen LogP contribution >= 0.6 is 0 Å². The van der Waals surface area contributed by atoms with E-state index < -0.39 is 0 Å². The van der Waals surface area contributed by atoms with Crippen LogP contribution in [-0.4, -0.2) is 17.6 Å². The minimum absolute atomic E-state index is 0.524. The molecule has 0 aromatic carbocycles. The third-order valence-electron chi connectivity index (χ3n) is 2.89. The van der Waals surface area contributed by atoms with Crippen molar-refractivity contribution >= 4 is 5.69 Å². The second-order valence-electron chi connectivity index (χ2n) is 3.89. The van der Waals surface area contributed by atoms with E-state index in [0.717, 1.165) is 12.2 Å². The Hall–Kier alpha value is -1.09. The summed E-state index contributed by atoms with van der Waals surface area (Å²) in [5.41, 5.74) is 7.81. The van der Waals surface area contributed by atoms with Crippen molar-refractivity contribution in [2.45, 2.75) is 32.4 Å². The predicted octanol–water partition coefficient (Wildman–Crippen LogP) is 1.53. The zero-order valence-electron chi connectivity index (χ0n) is 8.61. The predicted molar refractivity (Wildman–Crippen MR) is 58.2 cm³/mol. The van der Waals surface area contributed by atoms with Gasteiger partial charge in [0.2, 0.25) is 0 Å². The number of hydrogen-bond donors (Lipinski definition) is 1. The van der Waals surface area contributed by atoms with Crippen LogP contribution in [0.2, 0.25) is 0 Å². The summed E-state index contributed by atoms with van der Waals surface area (Å²) in [5.74, 6) is 0. The van der Waals surface area contributed by atoms with E-state index in [1.54, 1.807) is 0 Å². The first-order valence-corrected chi connectivity index (χ1v) is 5.23. The van der Waals surface area contributed by atoms with Crippen molar-refractivity contribution < 1.29 is 0 Å². The van der Waals surface area contributed by atoms with E-state index in [2.05, 4.69) is 28.9 Å². The summed E-state index contributed by atoms with van der Waals surface area (Å²) < 4.78 is 0. The molecule has 0 spiro atoms. The van der Waals surface area contributed by atoms with E-state index in [4.69, 9.17) is 5.73 Å². The molecule has 0 aliphatic carbocycles. The molecule has 1 fully saturated rings. The molecule has 3 nitrogen and oxygen atoms in total. The molecule has 1 atom stereocenters. The summed E-state index contributed by atoms with van der Waals surface area (Å²) in [6.07, 6.45) is 4.43. The Morgan fingerprint density at radius 3 is 3.14 bits per heavy atom. The van der Waals surface area contributed by atoms with Gasteiger partial charge in [0.15, 0.2) is 0 Å². The van der Waals surface area contributed by atoms with E-state index in [0.29, 0.717) is 12.6 Å². The summed E-state index contributed by atoms with van der Waals surface area (Å²) >= 11 is 0. The molecule has 2 rings (SSSR count). The molecule has 1 aromatic rings. The first-order chi connectivity index (χ1) is 6.81. The highest BCUT2D eigenvalue weighted by molar-refractivity contribution is 5.48. The highest BCUT2D eigenvalue weighted by Gasteiger charge is 2.20. The van der Waals surface area contributed by atoms with Crippen LogP contribution in [0.3, 0.4) is 0 Å².